The van der Waals surface area contributed by atoms with Gasteiger partial charge in [0.15, 0.2) is 11.5 Å². The Hall–Kier alpha value is -3.00. The lowest BCUT2D eigenvalue weighted by molar-refractivity contribution is 0.414. The quantitative estimate of drug-likeness (QED) is 0.615. The molecule has 24 heavy (non-hydrogen) atoms. The van der Waals surface area contributed by atoms with Crippen LogP contribution < -0.4 is 10.5 Å². The second-order valence-corrected chi connectivity index (χ2v) is 5.90. The largest absolute Gasteiger partial charge is 0.497 e. The van der Waals surface area contributed by atoms with Gasteiger partial charge < -0.3 is 10.5 Å². The van der Waals surface area contributed by atoms with Crippen molar-refractivity contribution in [2.45, 2.75) is 6.54 Å². The molecule has 3 heterocycles. The number of ether oxygens (including phenoxy) is 1. The maximum Gasteiger partial charge on any atom is 0.187 e. The maximum atomic E-state index is 6.07. The maximum absolute atomic E-state index is 6.07. The molecule has 4 rings (SSSR count). The first-order chi connectivity index (χ1) is 11.7. The van der Waals surface area contributed by atoms with E-state index in [1.165, 1.54) is 11.5 Å². The molecule has 0 bridgehead atoms. The Kier molecular flexibility index (Phi) is 3.58. The third-order valence-electron chi connectivity index (χ3n) is 3.60. The lowest BCUT2D eigenvalue weighted by Gasteiger charge is -2.04. The lowest BCUT2D eigenvalue weighted by atomic mass is 10.2. The van der Waals surface area contributed by atoms with E-state index in [4.69, 9.17) is 10.5 Å². The highest BCUT2D eigenvalue weighted by Gasteiger charge is 2.12. The number of rotatable bonds is 4. The van der Waals surface area contributed by atoms with Gasteiger partial charge in [-0.2, -0.15) is 9.47 Å². The van der Waals surface area contributed by atoms with E-state index >= 15 is 0 Å². The first-order valence-corrected chi connectivity index (χ1v) is 8.11. The number of aromatic nitrogens is 5. The van der Waals surface area contributed by atoms with E-state index in [0.717, 1.165) is 16.7 Å². The highest BCUT2D eigenvalue weighted by molar-refractivity contribution is 7.03. The summed E-state index contributed by atoms with van der Waals surface area (Å²) >= 11 is 1.35. The average Bonchev–Trinajstić information content (AvgIpc) is 3.24. The molecular formula is C16H14N6OS. The minimum absolute atomic E-state index is 0.403. The molecule has 0 atom stereocenters. The smallest absolute Gasteiger partial charge is 0.187 e. The van der Waals surface area contributed by atoms with Crippen molar-refractivity contribution >= 4 is 28.4 Å². The van der Waals surface area contributed by atoms with Crippen LogP contribution in [0.25, 0.3) is 22.6 Å². The van der Waals surface area contributed by atoms with Crippen LogP contribution in [0.5, 0.6) is 5.75 Å². The van der Waals surface area contributed by atoms with Gasteiger partial charge >= 0.3 is 0 Å². The molecule has 1 aromatic carbocycles. The molecule has 2 N–H and O–H groups in total. The molecule has 0 saturated carbocycles. The molecule has 0 aliphatic heterocycles. The predicted octanol–water partition coefficient (Wildman–Crippen LogP) is 2.59. The van der Waals surface area contributed by atoms with Crippen molar-refractivity contribution in [2.24, 2.45) is 0 Å². The Labute approximate surface area is 141 Å². The molecule has 0 aliphatic carbocycles. The molecule has 0 aliphatic rings. The molecule has 0 saturated heterocycles. The van der Waals surface area contributed by atoms with E-state index in [1.807, 2.05) is 41.9 Å². The van der Waals surface area contributed by atoms with Crippen LogP contribution in [0.3, 0.4) is 0 Å². The van der Waals surface area contributed by atoms with Gasteiger partial charge in [-0.25, -0.2) is 9.97 Å². The number of benzene rings is 1. The number of hydrogen-bond donors (Lipinski definition) is 1. The van der Waals surface area contributed by atoms with Crippen LogP contribution in [0.2, 0.25) is 0 Å². The zero-order valence-corrected chi connectivity index (χ0v) is 13.7. The fraction of sp³-hybridized carbons (Fsp3) is 0.125. The molecule has 0 unspecified atom stereocenters. The average molecular weight is 338 g/mol. The Morgan fingerprint density at radius 3 is 2.96 bits per heavy atom. The van der Waals surface area contributed by atoms with E-state index < -0.39 is 0 Å². The van der Waals surface area contributed by atoms with Gasteiger partial charge in [-0.15, -0.1) is 0 Å². The topological polar surface area (TPSA) is 91.7 Å². The zero-order valence-electron chi connectivity index (χ0n) is 12.9. The van der Waals surface area contributed by atoms with Crippen molar-refractivity contribution in [3.63, 3.8) is 0 Å². The number of nitrogen functional groups attached to an aromatic ring is 1. The van der Waals surface area contributed by atoms with Gasteiger partial charge in [0.2, 0.25) is 0 Å². The minimum atomic E-state index is 0.403. The standard InChI is InChI=1S/C16H14N6OS/c1-23-11-4-2-3-10(7-11)8-22-9-12-14(17)18-16(19-15(12)20-22)13-5-6-24-21-13/h2-7,9H,8H2,1H3,(H2,17,18,19,20). The molecule has 8 heteroatoms. The lowest BCUT2D eigenvalue weighted by Crippen LogP contribution is -2.00. The van der Waals surface area contributed by atoms with Crippen molar-refractivity contribution in [3.05, 3.63) is 47.5 Å². The molecule has 7 nitrogen and oxygen atoms in total. The molecule has 120 valence electrons. The minimum Gasteiger partial charge on any atom is -0.497 e. The van der Waals surface area contributed by atoms with Crippen LogP contribution in [-0.4, -0.2) is 31.2 Å². The van der Waals surface area contributed by atoms with Crippen LogP contribution in [0, 0.1) is 0 Å². The Bertz CT molecular complexity index is 995. The highest BCUT2D eigenvalue weighted by atomic mass is 32.1. The highest BCUT2D eigenvalue weighted by Crippen LogP contribution is 2.22. The number of fused-ring (bicyclic) bond motifs is 1. The van der Waals surface area contributed by atoms with E-state index in [1.54, 1.807) is 11.8 Å². The first kappa shape index (κ1) is 14.6. The molecule has 0 amide bonds. The predicted molar refractivity (Wildman–Crippen MR) is 92.9 cm³/mol. The van der Waals surface area contributed by atoms with Crippen LogP contribution in [0.15, 0.2) is 41.9 Å². The van der Waals surface area contributed by atoms with E-state index in [2.05, 4.69) is 19.4 Å². The number of methoxy groups -OCH3 is 1. The van der Waals surface area contributed by atoms with Crippen LogP contribution in [0.4, 0.5) is 5.82 Å². The molecule has 4 aromatic rings. The SMILES string of the molecule is COc1cccc(Cn2cc3c(N)nc(-c4ccsn4)nc3n2)c1. The second kappa shape index (κ2) is 5.89. The van der Waals surface area contributed by atoms with Gasteiger partial charge in [0.25, 0.3) is 0 Å². The third-order valence-corrected chi connectivity index (χ3v) is 4.16. The van der Waals surface area contributed by atoms with Crippen LogP contribution in [-0.2, 0) is 6.54 Å². The van der Waals surface area contributed by atoms with Gasteiger partial charge in [0, 0.05) is 11.6 Å². The number of hydrogen-bond acceptors (Lipinski definition) is 7. The molecule has 3 aromatic heterocycles. The normalized spacial score (nSPS) is 11.0. The summed E-state index contributed by atoms with van der Waals surface area (Å²) in [5, 5.41) is 7.12. The summed E-state index contributed by atoms with van der Waals surface area (Å²) in [7, 11) is 1.65. The van der Waals surface area contributed by atoms with Crippen molar-refractivity contribution < 1.29 is 4.74 Å². The van der Waals surface area contributed by atoms with Crippen LogP contribution >= 0.6 is 11.5 Å². The Morgan fingerprint density at radius 1 is 1.25 bits per heavy atom. The summed E-state index contributed by atoms with van der Waals surface area (Å²) < 4.78 is 11.3. The van der Waals surface area contributed by atoms with Crippen molar-refractivity contribution in [1.82, 2.24) is 24.1 Å². The zero-order chi connectivity index (χ0) is 16.5. The summed E-state index contributed by atoms with van der Waals surface area (Å²) in [5.41, 5.74) is 8.41. The summed E-state index contributed by atoms with van der Waals surface area (Å²) in [6, 6.07) is 9.71. The Morgan fingerprint density at radius 2 is 2.17 bits per heavy atom. The van der Waals surface area contributed by atoms with E-state index in [0.29, 0.717) is 29.5 Å². The summed E-state index contributed by atoms with van der Waals surface area (Å²) in [4.78, 5) is 8.80. The molecule has 0 spiro atoms. The van der Waals surface area contributed by atoms with Gasteiger partial charge in [-0.05, 0) is 35.3 Å². The van der Waals surface area contributed by atoms with Gasteiger partial charge in [0.1, 0.15) is 17.3 Å². The Balaban J connectivity index is 1.71. The fourth-order valence-corrected chi connectivity index (χ4v) is 2.96. The van der Waals surface area contributed by atoms with E-state index in [9.17, 15) is 0 Å². The van der Waals surface area contributed by atoms with Crippen molar-refractivity contribution in [1.29, 1.82) is 0 Å². The second-order valence-electron chi connectivity index (χ2n) is 5.23. The summed E-state index contributed by atoms with van der Waals surface area (Å²) in [5.74, 6) is 1.71. The van der Waals surface area contributed by atoms with E-state index in [-0.39, 0.29) is 0 Å². The molecular weight excluding hydrogens is 324 g/mol. The first-order valence-electron chi connectivity index (χ1n) is 7.27. The fourth-order valence-electron chi connectivity index (χ4n) is 2.46. The van der Waals surface area contributed by atoms with Crippen molar-refractivity contribution in [3.8, 4) is 17.3 Å². The number of anilines is 1. The van der Waals surface area contributed by atoms with Gasteiger partial charge in [0.05, 0.1) is 19.0 Å². The van der Waals surface area contributed by atoms with Crippen LogP contribution in [0.1, 0.15) is 5.56 Å². The number of nitrogens with two attached hydrogens (primary N) is 1. The molecule has 0 radical (unpaired) electrons. The van der Waals surface area contributed by atoms with Gasteiger partial charge in [-0.3, -0.25) is 4.68 Å². The summed E-state index contributed by atoms with van der Waals surface area (Å²) in [6.07, 6.45) is 1.86. The monoisotopic (exact) mass is 338 g/mol. The summed E-state index contributed by atoms with van der Waals surface area (Å²) in [6.45, 7) is 0.596. The van der Waals surface area contributed by atoms with Crippen molar-refractivity contribution in [2.75, 3.05) is 12.8 Å². The third kappa shape index (κ3) is 2.67. The van der Waals surface area contributed by atoms with Gasteiger partial charge in [-0.1, -0.05) is 12.1 Å². The number of nitrogens with zero attached hydrogens (tertiary/aromatic N) is 5. The molecule has 0 fully saturated rings.